The van der Waals surface area contributed by atoms with Gasteiger partial charge in [-0.15, -0.1) is 0 Å². The number of hydrogen-bond acceptors (Lipinski definition) is 7. The van der Waals surface area contributed by atoms with Crippen LogP contribution in [0.25, 0.3) is 11.1 Å². The molecule has 0 spiro atoms. The fraction of sp³-hybridized carbons (Fsp3) is 0.107. The monoisotopic (exact) mass is 470 g/mol. The van der Waals surface area contributed by atoms with Crippen LogP contribution in [0.3, 0.4) is 0 Å². The largest absolute Gasteiger partial charge is 0.423 e. The second-order valence-electron chi connectivity index (χ2n) is 7.91. The minimum absolute atomic E-state index is 0.0159. The van der Waals surface area contributed by atoms with Crippen LogP contribution in [0.1, 0.15) is 34.3 Å². The molecule has 35 heavy (non-hydrogen) atoms. The van der Waals surface area contributed by atoms with Gasteiger partial charge in [0.15, 0.2) is 0 Å². The quantitative estimate of drug-likeness (QED) is 0.306. The number of aliphatic hydroxyl groups excluding tert-OH is 1. The average Bonchev–Trinajstić information content (AvgIpc) is 3.15. The van der Waals surface area contributed by atoms with Crippen molar-refractivity contribution in [2.24, 2.45) is 0 Å². The van der Waals surface area contributed by atoms with Crippen LogP contribution in [0.2, 0.25) is 0 Å². The first-order valence-electron chi connectivity index (χ1n) is 10.8. The zero-order valence-corrected chi connectivity index (χ0v) is 18.9. The Balaban J connectivity index is 1.48. The summed E-state index contributed by atoms with van der Waals surface area (Å²) in [5, 5.41) is 8.93. The van der Waals surface area contributed by atoms with E-state index >= 15 is 0 Å². The number of benzene rings is 3. The van der Waals surface area contributed by atoms with Crippen LogP contribution in [0.5, 0.6) is 17.2 Å². The Morgan fingerprint density at radius 1 is 0.857 bits per heavy atom. The van der Waals surface area contributed by atoms with Crippen LogP contribution in [-0.2, 0) is 9.59 Å². The van der Waals surface area contributed by atoms with E-state index in [1.165, 1.54) is 24.3 Å². The minimum atomic E-state index is -0.739. The summed E-state index contributed by atoms with van der Waals surface area (Å²) < 4.78 is 15.8. The maximum absolute atomic E-state index is 12.8. The lowest BCUT2D eigenvalue weighted by Gasteiger charge is -2.10. The first-order chi connectivity index (χ1) is 16.8. The average molecular weight is 470 g/mol. The van der Waals surface area contributed by atoms with Crippen LogP contribution in [0.4, 0.5) is 0 Å². The molecular formula is C28H22O7. The van der Waals surface area contributed by atoms with Crippen molar-refractivity contribution in [3.05, 3.63) is 102 Å². The van der Waals surface area contributed by atoms with Gasteiger partial charge in [-0.2, -0.15) is 0 Å². The number of hydrogen-bond donors (Lipinski definition) is 1. The number of fused-ring (bicyclic) bond motifs is 3. The van der Waals surface area contributed by atoms with E-state index in [-0.39, 0.29) is 23.0 Å². The van der Waals surface area contributed by atoms with Gasteiger partial charge in [-0.25, -0.2) is 14.4 Å². The Hall–Kier alpha value is -4.49. The molecule has 0 aromatic heterocycles. The molecule has 1 atom stereocenters. The first kappa shape index (κ1) is 23.7. The van der Waals surface area contributed by atoms with Gasteiger partial charge in [-0.3, -0.25) is 0 Å². The van der Waals surface area contributed by atoms with Crippen molar-refractivity contribution < 1.29 is 33.7 Å². The SMILES string of the molecule is C=CC(=O)Oc1ccc2c(c1)C(C)c1cc(C(=O)Oc3ccc(OC(=O)C(=C)CO)cc3)ccc1-2. The van der Waals surface area contributed by atoms with E-state index in [0.29, 0.717) is 11.3 Å². The molecule has 1 aliphatic carbocycles. The molecule has 0 aliphatic heterocycles. The summed E-state index contributed by atoms with van der Waals surface area (Å²) in [5.74, 6) is -0.875. The molecule has 1 unspecified atom stereocenters. The second-order valence-corrected chi connectivity index (χ2v) is 7.91. The zero-order valence-electron chi connectivity index (χ0n) is 18.9. The van der Waals surface area contributed by atoms with E-state index in [4.69, 9.17) is 19.3 Å². The van der Waals surface area contributed by atoms with Crippen molar-refractivity contribution in [3.8, 4) is 28.4 Å². The van der Waals surface area contributed by atoms with Gasteiger partial charge in [-0.1, -0.05) is 32.2 Å². The van der Waals surface area contributed by atoms with Gasteiger partial charge in [0.2, 0.25) is 0 Å². The van der Waals surface area contributed by atoms with E-state index < -0.39 is 24.5 Å². The van der Waals surface area contributed by atoms with E-state index in [1.807, 2.05) is 25.1 Å². The van der Waals surface area contributed by atoms with Crippen molar-refractivity contribution in [1.82, 2.24) is 0 Å². The highest BCUT2D eigenvalue weighted by Gasteiger charge is 2.27. The summed E-state index contributed by atoms with van der Waals surface area (Å²) in [7, 11) is 0. The molecule has 0 heterocycles. The number of aliphatic hydroxyl groups is 1. The van der Waals surface area contributed by atoms with Gasteiger partial charge in [0.25, 0.3) is 0 Å². The van der Waals surface area contributed by atoms with Crippen molar-refractivity contribution in [1.29, 1.82) is 0 Å². The van der Waals surface area contributed by atoms with Crippen LogP contribution in [-0.4, -0.2) is 29.6 Å². The molecule has 7 heteroatoms. The van der Waals surface area contributed by atoms with Crippen molar-refractivity contribution in [3.63, 3.8) is 0 Å². The van der Waals surface area contributed by atoms with Gasteiger partial charge >= 0.3 is 17.9 Å². The molecule has 0 radical (unpaired) electrons. The van der Waals surface area contributed by atoms with Gasteiger partial charge in [0, 0.05) is 12.0 Å². The van der Waals surface area contributed by atoms with E-state index in [1.54, 1.807) is 18.2 Å². The molecule has 0 fully saturated rings. The van der Waals surface area contributed by atoms with E-state index in [9.17, 15) is 14.4 Å². The molecule has 1 aliphatic rings. The topological polar surface area (TPSA) is 99.1 Å². The van der Waals surface area contributed by atoms with Crippen LogP contribution < -0.4 is 14.2 Å². The van der Waals surface area contributed by atoms with Gasteiger partial charge in [0.05, 0.1) is 17.7 Å². The lowest BCUT2D eigenvalue weighted by molar-refractivity contribution is -0.131. The standard InChI is InChI=1S/C28H22O7/c1-4-26(30)33-21-10-12-23-22-11-5-18(13-24(22)17(3)25(23)14-21)28(32)35-20-8-6-19(7-9-20)34-27(31)16(2)15-29/h4-14,17,29H,1-2,15H2,3H3. The molecule has 3 aromatic carbocycles. The maximum Gasteiger partial charge on any atom is 0.343 e. The summed E-state index contributed by atoms with van der Waals surface area (Å²) in [5.41, 5.74) is 4.29. The predicted octanol–water partition coefficient (Wildman–Crippen LogP) is 4.58. The number of ether oxygens (including phenoxy) is 3. The molecule has 7 nitrogen and oxygen atoms in total. The Labute approximate surface area is 201 Å². The molecule has 0 saturated heterocycles. The molecule has 3 aromatic rings. The fourth-order valence-corrected chi connectivity index (χ4v) is 3.81. The molecule has 176 valence electrons. The highest BCUT2D eigenvalue weighted by Crippen LogP contribution is 2.46. The van der Waals surface area contributed by atoms with Crippen LogP contribution >= 0.6 is 0 Å². The van der Waals surface area contributed by atoms with Crippen molar-refractivity contribution >= 4 is 17.9 Å². The zero-order chi connectivity index (χ0) is 25.1. The Morgan fingerprint density at radius 2 is 1.43 bits per heavy atom. The lowest BCUT2D eigenvalue weighted by atomic mass is 9.98. The van der Waals surface area contributed by atoms with Crippen LogP contribution in [0.15, 0.2) is 85.5 Å². The van der Waals surface area contributed by atoms with E-state index in [0.717, 1.165) is 28.3 Å². The van der Waals surface area contributed by atoms with Gasteiger partial charge in [0.1, 0.15) is 17.2 Å². The summed E-state index contributed by atoms with van der Waals surface area (Å²) in [6, 6.07) is 16.8. The molecule has 1 N–H and O–H groups in total. The normalized spacial score (nSPS) is 13.3. The van der Waals surface area contributed by atoms with Crippen molar-refractivity contribution in [2.45, 2.75) is 12.8 Å². The molecular weight excluding hydrogens is 448 g/mol. The Kier molecular flexibility index (Phi) is 6.62. The van der Waals surface area contributed by atoms with Crippen molar-refractivity contribution in [2.75, 3.05) is 6.61 Å². The molecule has 0 saturated carbocycles. The Bertz CT molecular complexity index is 1350. The smallest absolute Gasteiger partial charge is 0.343 e. The lowest BCUT2D eigenvalue weighted by Crippen LogP contribution is -2.13. The maximum atomic E-state index is 12.8. The van der Waals surface area contributed by atoms with Crippen LogP contribution in [0, 0.1) is 0 Å². The second kappa shape index (κ2) is 9.79. The highest BCUT2D eigenvalue weighted by atomic mass is 16.5. The third-order valence-corrected chi connectivity index (χ3v) is 5.64. The minimum Gasteiger partial charge on any atom is -0.423 e. The van der Waals surface area contributed by atoms with Gasteiger partial charge < -0.3 is 19.3 Å². The summed E-state index contributed by atoms with van der Waals surface area (Å²) in [4.78, 5) is 36.0. The van der Waals surface area contributed by atoms with E-state index in [2.05, 4.69) is 13.2 Å². The first-order valence-corrected chi connectivity index (χ1v) is 10.8. The number of carbonyl (C=O) groups excluding carboxylic acids is 3. The molecule has 4 rings (SSSR count). The molecule has 0 amide bonds. The number of carbonyl (C=O) groups is 3. The predicted molar refractivity (Wildman–Crippen MR) is 128 cm³/mol. The Morgan fingerprint density at radius 3 is 2.06 bits per heavy atom. The molecule has 0 bridgehead atoms. The third-order valence-electron chi connectivity index (χ3n) is 5.64. The van der Waals surface area contributed by atoms with Gasteiger partial charge in [-0.05, 0) is 70.8 Å². The highest BCUT2D eigenvalue weighted by molar-refractivity contribution is 5.93. The summed E-state index contributed by atoms with van der Waals surface area (Å²) >= 11 is 0. The number of rotatable bonds is 7. The third kappa shape index (κ3) is 4.90. The fourth-order valence-electron chi connectivity index (χ4n) is 3.81. The summed E-state index contributed by atoms with van der Waals surface area (Å²) in [6.07, 6.45) is 1.11. The number of esters is 3. The summed E-state index contributed by atoms with van der Waals surface area (Å²) in [6.45, 7) is 8.33.